The Morgan fingerprint density at radius 1 is 0.917 bits per heavy atom. The third-order valence-electron chi connectivity index (χ3n) is 6.33. The van der Waals surface area contributed by atoms with Crippen LogP contribution in [0.5, 0.6) is 5.75 Å². The summed E-state index contributed by atoms with van der Waals surface area (Å²) in [5, 5.41) is 22.7. The highest BCUT2D eigenvalue weighted by Gasteiger charge is 2.26. The van der Waals surface area contributed by atoms with Gasteiger partial charge in [-0.1, -0.05) is 72.3 Å². The van der Waals surface area contributed by atoms with Gasteiger partial charge in [-0.25, -0.2) is 0 Å². The summed E-state index contributed by atoms with van der Waals surface area (Å²) in [6.07, 6.45) is 1.69. The number of carboxylic acid groups (broad SMARTS) is 1. The Balaban J connectivity index is 1.53. The average molecular weight is 496 g/mol. The van der Waals surface area contributed by atoms with E-state index in [1.165, 1.54) is 0 Å². The minimum absolute atomic E-state index is 0.0812. The monoisotopic (exact) mass is 495 g/mol. The molecule has 0 saturated carbocycles. The zero-order chi connectivity index (χ0) is 25.4. The first-order valence-electron chi connectivity index (χ1n) is 11.4. The number of amides is 1. The van der Waals surface area contributed by atoms with Crippen LogP contribution in [0.15, 0.2) is 78.9 Å². The molecule has 4 aromatic carbocycles. The van der Waals surface area contributed by atoms with Crippen molar-refractivity contribution in [2.75, 3.05) is 5.32 Å². The molecule has 178 valence electrons. The molecule has 0 fully saturated rings. The fraction of sp³-hybridized carbons (Fsp3) is 0.0667. The molecule has 1 amide bonds. The average Bonchev–Trinajstić information content (AvgIpc) is 3.14. The molecule has 0 unspecified atom stereocenters. The molecule has 5 rings (SSSR count). The molecule has 0 radical (unpaired) electrons. The predicted octanol–water partition coefficient (Wildman–Crippen LogP) is 6.81. The molecule has 0 aromatic heterocycles. The first kappa shape index (κ1) is 23.4. The number of halogens is 1. The quantitative estimate of drug-likeness (QED) is 0.265. The summed E-state index contributed by atoms with van der Waals surface area (Å²) in [5.41, 5.74) is 7.45. The van der Waals surface area contributed by atoms with Crippen LogP contribution in [-0.2, 0) is 16.0 Å². The molecule has 0 bridgehead atoms. The fourth-order valence-electron chi connectivity index (χ4n) is 4.42. The Morgan fingerprint density at radius 2 is 1.61 bits per heavy atom. The molecule has 3 N–H and O–H groups in total. The van der Waals surface area contributed by atoms with Crippen LogP contribution in [-0.4, -0.2) is 22.1 Å². The summed E-state index contributed by atoms with van der Waals surface area (Å²) in [5.74, 6) is -0.934. The number of phenolic OH excluding ortho intramolecular Hbond substituents is 1. The van der Waals surface area contributed by atoms with Crippen molar-refractivity contribution in [2.45, 2.75) is 13.3 Å². The van der Waals surface area contributed by atoms with Crippen LogP contribution in [0.3, 0.4) is 0 Å². The maximum absolute atomic E-state index is 12.8. The van der Waals surface area contributed by atoms with Crippen LogP contribution in [0.4, 0.5) is 5.69 Å². The number of nitrogens with one attached hydrogen (secondary N) is 1. The number of hydrogen-bond donors (Lipinski definition) is 3. The van der Waals surface area contributed by atoms with Gasteiger partial charge in [0.2, 0.25) is 0 Å². The van der Waals surface area contributed by atoms with Crippen molar-refractivity contribution < 1.29 is 19.8 Å². The lowest BCUT2D eigenvalue weighted by atomic mass is 9.95. The van der Waals surface area contributed by atoms with Gasteiger partial charge in [-0.2, -0.15) is 0 Å². The van der Waals surface area contributed by atoms with Gasteiger partial charge in [0.15, 0.2) is 0 Å². The van der Waals surface area contributed by atoms with Gasteiger partial charge in [0, 0.05) is 22.3 Å². The number of hydrogen-bond acceptors (Lipinski definition) is 3. The Labute approximate surface area is 213 Å². The zero-order valence-electron chi connectivity index (χ0n) is 19.4. The Bertz CT molecular complexity index is 1550. The molecule has 5 nitrogen and oxygen atoms in total. The van der Waals surface area contributed by atoms with E-state index in [0.717, 1.165) is 38.9 Å². The van der Waals surface area contributed by atoms with Crippen molar-refractivity contribution in [3.63, 3.8) is 0 Å². The largest absolute Gasteiger partial charge is 0.507 e. The van der Waals surface area contributed by atoms with Crippen molar-refractivity contribution in [3.8, 4) is 28.0 Å². The highest BCUT2D eigenvalue weighted by Crippen LogP contribution is 2.41. The third kappa shape index (κ3) is 4.49. The number of benzene rings is 4. The Morgan fingerprint density at radius 3 is 2.31 bits per heavy atom. The summed E-state index contributed by atoms with van der Waals surface area (Å²) in [7, 11) is 0. The summed E-state index contributed by atoms with van der Waals surface area (Å²) in [4.78, 5) is 24.0. The van der Waals surface area contributed by atoms with E-state index in [1.54, 1.807) is 30.3 Å². The van der Waals surface area contributed by atoms with Gasteiger partial charge in [0.05, 0.1) is 17.1 Å². The molecule has 1 aliphatic rings. The normalized spacial score (nSPS) is 13.5. The number of rotatable bonds is 5. The molecule has 1 heterocycles. The summed E-state index contributed by atoms with van der Waals surface area (Å²) in [6, 6.07) is 24.0. The second-order valence-electron chi connectivity index (χ2n) is 8.74. The van der Waals surface area contributed by atoms with Crippen LogP contribution in [0.25, 0.3) is 33.9 Å². The van der Waals surface area contributed by atoms with E-state index in [9.17, 15) is 19.8 Å². The topological polar surface area (TPSA) is 86.6 Å². The van der Waals surface area contributed by atoms with Crippen molar-refractivity contribution >= 4 is 40.8 Å². The summed E-state index contributed by atoms with van der Waals surface area (Å²) < 4.78 is 0. The van der Waals surface area contributed by atoms with Gasteiger partial charge >= 0.3 is 5.97 Å². The highest BCUT2D eigenvalue weighted by atomic mass is 35.5. The minimum Gasteiger partial charge on any atom is -0.507 e. The SMILES string of the molecule is Cc1ccc(C=C2C(=O)Nc3cc(Cl)c(-c4ccc(-c5ccccc5O)cc4)cc32)cc1CC(=O)O. The van der Waals surface area contributed by atoms with E-state index in [0.29, 0.717) is 21.8 Å². The van der Waals surface area contributed by atoms with Crippen LogP contribution >= 0.6 is 11.6 Å². The smallest absolute Gasteiger partial charge is 0.307 e. The van der Waals surface area contributed by atoms with Crippen molar-refractivity contribution in [3.05, 3.63) is 106 Å². The number of carboxylic acids is 1. The number of aryl methyl sites for hydroxylation is 1. The maximum atomic E-state index is 12.8. The van der Waals surface area contributed by atoms with Crippen molar-refractivity contribution in [1.29, 1.82) is 0 Å². The van der Waals surface area contributed by atoms with E-state index in [2.05, 4.69) is 5.32 Å². The molecule has 36 heavy (non-hydrogen) atoms. The summed E-state index contributed by atoms with van der Waals surface area (Å²) >= 11 is 6.60. The molecular weight excluding hydrogens is 474 g/mol. The second kappa shape index (κ2) is 9.36. The van der Waals surface area contributed by atoms with E-state index >= 15 is 0 Å². The highest BCUT2D eigenvalue weighted by molar-refractivity contribution is 6.38. The van der Waals surface area contributed by atoms with Gasteiger partial charge in [-0.05, 0) is 59.0 Å². The van der Waals surface area contributed by atoms with Gasteiger partial charge in [-0.3, -0.25) is 9.59 Å². The van der Waals surface area contributed by atoms with Gasteiger partial charge in [0.1, 0.15) is 5.75 Å². The predicted molar refractivity (Wildman–Crippen MR) is 143 cm³/mol. The lowest BCUT2D eigenvalue weighted by Crippen LogP contribution is -2.04. The number of carbonyl (C=O) groups is 2. The molecule has 1 aliphatic heterocycles. The van der Waals surface area contributed by atoms with Crippen LogP contribution in [0, 0.1) is 6.92 Å². The second-order valence-corrected chi connectivity index (χ2v) is 9.15. The molecule has 0 aliphatic carbocycles. The first-order chi connectivity index (χ1) is 17.3. The number of carbonyl (C=O) groups excluding carboxylic acids is 1. The Hall–Kier alpha value is -4.35. The molecule has 0 spiro atoms. The van der Waals surface area contributed by atoms with E-state index in [1.807, 2.05) is 61.5 Å². The van der Waals surface area contributed by atoms with E-state index in [-0.39, 0.29) is 18.1 Å². The minimum atomic E-state index is -0.903. The zero-order valence-corrected chi connectivity index (χ0v) is 20.1. The summed E-state index contributed by atoms with van der Waals surface area (Å²) in [6.45, 7) is 1.87. The van der Waals surface area contributed by atoms with Gasteiger partial charge in [0.25, 0.3) is 5.91 Å². The van der Waals surface area contributed by atoms with Crippen molar-refractivity contribution in [2.24, 2.45) is 0 Å². The van der Waals surface area contributed by atoms with Gasteiger partial charge in [-0.15, -0.1) is 0 Å². The molecule has 6 heteroatoms. The number of anilines is 1. The third-order valence-corrected chi connectivity index (χ3v) is 6.64. The maximum Gasteiger partial charge on any atom is 0.307 e. The van der Waals surface area contributed by atoms with Crippen LogP contribution < -0.4 is 5.32 Å². The van der Waals surface area contributed by atoms with E-state index < -0.39 is 5.97 Å². The van der Waals surface area contributed by atoms with Crippen LogP contribution in [0.2, 0.25) is 5.02 Å². The molecule has 0 saturated heterocycles. The molecular formula is C30H22ClNO4. The molecule has 0 atom stereocenters. The Kier molecular flexibility index (Phi) is 6.08. The molecule has 4 aromatic rings. The van der Waals surface area contributed by atoms with Crippen molar-refractivity contribution in [1.82, 2.24) is 0 Å². The lowest BCUT2D eigenvalue weighted by Gasteiger charge is -2.10. The number of phenols is 1. The number of aromatic hydroxyl groups is 1. The standard InChI is InChI=1S/C30H22ClNO4/c1-17-6-7-18(12-21(17)14-29(34)35)13-25-24-15-23(26(31)16-27(24)32-30(25)36)20-10-8-19(9-11-20)22-4-2-3-5-28(22)33/h2-13,15-16,33H,14H2,1H3,(H,32,36)(H,34,35). The number of fused-ring (bicyclic) bond motifs is 1. The van der Waals surface area contributed by atoms with Gasteiger partial charge < -0.3 is 15.5 Å². The number of para-hydroxylation sites is 1. The fourth-order valence-corrected chi connectivity index (χ4v) is 4.70. The first-order valence-corrected chi connectivity index (χ1v) is 11.7. The van der Waals surface area contributed by atoms with Crippen LogP contribution in [0.1, 0.15) is 22.3 Å². The lowest BCUT2D eigenvalue weighted by molar-refractivity contribution is -0.136. The van der Waals surface area contributed by atoms with E-state index in [4.69, 9.17) is 11.6 Å². The number of aliphatic carboxylic acids is 1.